The lowest BCUT2D eigenvalue weighted by molar-refractivity contribution is 0.101. The molecule has 0 saturated carbocycles. The minimum Gasteiger partial charge on any atom is -0.501 e. The van der Waals surface area contributed by atoms with E-state index in [1.54, 1.807) is 12.1 Å². The van der Waals surface area contributed by atoms with Crippen molar-refractivity contribution >= 4 is 34.8 Å². The molecule has 4 rings (SSSR count). The van der Waals surface area contributed by atoms with Gasteiger partial charge >= 0.3 is 0 Å². The molecule has 0 aliphatic carbocycles. The lowest BCUT2D eigenvalue weighted by Gasteiger charge is -2.28. The fraction of sp³-hybridized carbons (Fsp3) is 0.167. The number of nitrogens with zero attached hydrogens (tertiary/aromatic N) is 3. The van der Waals surface area contributed by atoms with Gasteiger partial charge in [0.2, 0.25) is 5.75 Å². The second-order valence-electron chi connectivity index (χ2n) is 7.71. The Balaban J connectivity index is 1.86. The highest BCUT2D eigenvalue weighted by molar-refractivity contribution is 6.32. The zero-order valence-corrected chi connectivity index (χ0v) is 19.7. The molecule has 1 unspecified atom stereocenters. The largest absolute Gasteiger partial charge is 0.501 e. The summed E-state index contributed by atoms with van der Waals surface area (Å²) in [5, 5.41) is 17.5. The van der Waals surface area contributed by atoms with E-state index in [9.17, 15) is 14.7 Å². The van der Waals surface area contributed by atoms with Gasteiger partial charge in [0.05, 0.1) is 6.20 Å². The predicted octanol–water partition coefficient (Wildman–Crippen LogP) is 4.97. The summed E-state index contributed by atoms with van der Waals surface area (Å²) in [5.41, 5.74) is 0.643. The van der Waals surface area contributed by atoms with Gasteiger partial charge in [0.1, 0.15) is 17.8 Å². The van der Waals surface area contributed by atoms with Crippen LogP contribution in [0.1, 0.15) is 46.2 Å². The maximum absolute atomic E-state index is 12.9. The highest BCUT2D eigenvalue weighted by atomic mass is 35.5. The smallest absolute Gasteiger partial charge is 0.296 e. The van der Waals surface area contributed by atoms with Crippen molar-refractivity contribution in [3.8, 4) is 5.75 Å². The summed E-state index contributed by atoms with van der Waals surface area (Å²) in [6.07, 6.45) is 2.49. The van der Waals surface area contributed by atoms with Gasteiger partial charge in [-0.15, -0.1) is 0 Å². The predicted molar refractivity (Wildman–Crippen MR) is 129 cm³/mol. The lowest BCUT2D eigenvalue weighted by atomic mass is 9.81. The van der Waals surface area contributed by atoms with E-state index in [-0.39, 0.29) is 11.5 Å². The van der Waals surface area contributed by atoms with Crippen molar-refractivity contribution < 1.29 is 14.4 Å². The SMILES string of the molecule is CC(c1nc(C(=O)Nc2cnoc2)c(O)c(=O)n1C)C(c1ccccc1Cl)c1ccccc1Cl. The van der Waals surface area contributed by atoms with Crippen LogP contribution in [0.25, 0.3) is 0 Å². The number of amides is 1. The zero-order chi connectivity index (χ0) is 24.4. The molecule has 0 aliphatic rings. The molecule has 1 amide bonds. The van der Waals surface area contributed by atoms with E-state index >= 15 is 0 Å². The van der Waals surface area contributed by atoms with E-state index in [1.165, 1.54) is 24.1 Å². The fourth-order valence-corrected chi connectivity index (χ4v) is 4.45. The van der Waals surface area contributed by atoms with Crippen molar-refractivity contribution in [2.24, 2.45) is 7.05 Å². The number of rotatable bonds is 6. The van der Waals surface area contributed by atoms with Gasteiger partial charge in [-0.3, -0.25) is 14.2 Å². The average Bonchev–Trinajstić information content (AvgIpc) is 3.33. The molecule has 0 fully saturated rings. The van der Waals surface area contributed by atoms with Crippen LogP contribution in [-0.4, -0.2) is 25.7 Å². The van der Waals surface area contributed by atoms with Gasteiger partial charge < -0.3 is 14.9 Å². The molecule has 2 N–H and O–H groups in total. The maximum Gasteiger partial charge on any atom is 0.296 e. The maximum atomic E-state index is 12.9. The molecule has 10 heteroatoms. The van der Waals surface area contributed by atoms with E-state index in [0.717, 1.165) is 11.1 Å². The molecule has 0 aliphatic heterocycles. The second kappa shape index (κ2) is 9.70. The minimum absolute atomic E-state index is 0.256. The molecule has 34 heavy (non-hydrogen) atoms. The van der Waals surface area contributed by atoms with Crippen molar-refractivity contribution in [2.45, 2.75) is 18.8 Å². The first-order valence-corrected chi connectivity index (χ1v) is 11.0. The second-order valence-corrected chi connectivity index (χ2v) is 8.52. The summed E-state index contributed by atoms with van der Waals surface area (Å²) in [6, 6.07) is 14.7. The molecule has 0 spiro atoms. The van der Waals surface area contributed by atoms with Crippen LogP contribution in [-0.2, 0) is 7.05 Å². The first-order chi connectivity index (χ1) is 16.3. The molecule has 0 radical (unpaired) electrons. The highest BCUT2D eigenvalue weighted by Crippen LogP contribution is 2.42. The Hall–Kier alpha value is -3.62. The molecular weight excluding hydrogens is 479 g/mol. The number of hydrogen-bond acceptors (Lipinski definition) is 6. The Bertz CT molecular complexity index is 1360. The molecule has 0 saturated heterocycles. The summed E-state index contributed by atoms with van der Waals surface area (Å²) < 4.78 is 5.92. The number of carbonyl (C=O) groups is 1. The molecule has 174 valence electrons. The third-order valence-corrected chi connectivity index (χ3v) is 6.28. The number of aromatic hydroxyl groups is 1. The van der Waals surface area contributed by atoms with Crippen molar-refractivity contribution in [3.63, 3.8) is 0 Å². The number of nitrogens with one attached hydrogen (secondary N) is 1. The van der Waals surface area contributed by atoms with Crippen LogP contribution in [0.15, 0.2) is 70.3 Å². The Morgan fingerprint density at radius 3 is 2.21 bits per heavy atom. The average molecular weight is 499 g/mol. The Labute approximate surface area is 204 Å². The van der Waals surface area contributed by atoms with E-state index in [0.29, 0.717) is 10.0 Å². The number of anilines is 1. The van der Waals surface area contributed by atoms with Crippen LogP contribution in [0.4, 0.5) is 5.69 Å². The van der Waals surface area contributed by atoms with E-state index in [4.69, 9.17) is 27.7 Å². The van der Waals surface area contributed by atoms with Crippen LogP contribution in [0, 0.1) is 0 Å². The molecule has 8 nitrogen and oxygen atoms in total. The van der Waals surface area contributed by atoms with E-state index < -0.39 is 34.7 Å². The molecule has 2 aromatic heterocycles. The lowest BCUT2D eigenvalue weighted by Crippen LogP contribution is -2.29. The van der Waals surface area contributed by atoms with Crippen molar-refractivity contribution in [1.29, 1.82) is 0 Å². The molecular formula is C24H20Cl2N4O4. The van der Waals surface area contributed by atoms with Gasteiger partial charge in [0.25, 0.3) is 11.5 Å². The third kappa shape index (κ3) is 4.42. The molecule has 4 aromatic rings. The zero-order valence-electron chi connectivity index (χ0n) is 18.2. The van der Waals surface area contributed by atoms with Crippen molar-refractivity contribution in [2.75, 3.05) is 5.32 Å². The Morgan fingerprint density at radius 2 is 1.68 bits per heavy atom. The summed E-state index contributed by atoms with van der Waals surface area (Å²) in [4.78, 5) is 30.1. The molecule has 0 bridgehead atoms. The Kier molecular flexibility index (Phi) is 6.72. The van der Waals surface area contributed by atoms with E-state index in [2.05, 4.69) is 15.5 Å². The first kappa shape index (κ1) is 23.5. The van der Waals surface area contributed by atoms with Crippen LogP contribution < -0.4 is 10.9 Å². The highest BCUT2D eigenvalue weighted by Gasteiger charge is 2.31. The topological polar surface area (TPSA) is 110 Å². The van der Waals surface area contributed by atoms with E-state index in [1.807, 2.05) is 43.3 Å². The summed E-state index contributed by atoms with van der Waals surface area (Å²) in [7, 11) is 1.48. The monoisotopic (exact) mass is 498 g/mol. The van der Waals surface area contributed by atoms with Gasteiger partial charge in [-0.2, -0.15) is 0 Å². The van der Waals surface area contributed by atoms with Gasteiger partial charge in [-0.1, -0.05) is 71.7 Å². The molecule has 2 heterocycles. The van der Waals surface area contributed by atoms with Crippen LogP contribution >= 0.6 is 23.2 Å². The molecule has 2 aromatic carbocycles. The van der Waals surface area contributed by atoms with Gasteiger partial charge in [0, 0.05) is 28.9 Å². The van der Waals surface area contributed by atoms with Gasteiger partial charge in [-0.05, 0) is 23.3 Å². The van der Waals surface area contributed by atoms with Crippen molar-refractivity contribution in [3.05, 3.63) is 104 Å². The number of hydrogen-bond donors (Lipinski definition) is 2. The minimum atomic E-state index is -0.779. The number of aromatic nitrogens is 3. The van der Waals surface area contributed by atoms with Gasteiger partial charge in [0.15, 0.2) is 5.69 Å². The summed E-state index contributed by atoms with van der Waals surface area (Å²) >= 11 is 13.1. The fourth-order valence-electron chi connectivity index (χ4n) is 3.94. The van der Waals surface area contributed by atoms with Gasteiger partial charge in [-0.25, -0.2) is 4.98 Å². The van der Waals surface area contributed by atoms with Crippen LogP contribution in [0.3, 0.4) is 0 Å². The normalized spacial score (nSPS) is 12.0. The van der Waals surface area contributed by atoms with Crippen LogP contribution in [0.5, 0.6) is 5.75 Å². The third-order valence-electron chi connectivity index (χ3n) is 5.59. The summed E-state index contributed by atoms with van der Waals surface area (Å²) in [6.45, 7) is 1.86. The number of benzene rings is 2. The van der Waals surface area contributed by atoms with Crippen LogP contribution in [0.2, 0.25) is 10.0 Å². The first-order valence-electron chi connectivity index (χ1n) is 10.3. The Morgan fingerprint density at radius 1 is 1.09 bits per heavy atom. The van der Waals surface area contributed by atoms with Crippen molar-refractivity contribution in [1.82, 2.24) is 14.7 Å². The summed E-state index contributed by atoms with van der Waals surface area (Å²) in [5.74, 6) is -2.15. The molecule has 1 atom stereocenters. The standard InChI is InChI=1S/C24H20Cl2N4O4/c1-13(19(15-7-3-5-9-17(15)25)16-8-4-6-10-18(16)26)22-29-20(21(31)24(33)30(22)2)23(32)28-14-11-27-34-12-14/h3-13,19,31H,1-2H3,(H,28,32). The quantitative estimate of drug-likeness (QED) is 0.388. The number of halogens is 2. The number of carbonyl (C=O) groups excluding carboxylic acids is 1.